The molecular formula is C38H43BBr2ClF3N4O7. The smallest absolute Gasteiger partial charge is 0.478 e. The molecule has 2 aromatic carbocycles. The van der Waals surface area contributed by atoms with E-state index in [-0.39, 0.29) is 28.5 Å². The molecular weight excluding hydrogens is 888 g/mol. The number of rotatable bonds is 6. The van der Waals surface area contributed by atoms with E-state index in [1.807, 2.05) is 84.0 Å². The van der Waals surface area contributed by atoms with Gasteiger partial charge in [0.2, 0.25) is 5.76 Å². The van der Waals surface area contributed by atoms with Crippen molar-refractivity contribution in [2.75, 3.05) is 7.11 Å². The quantitative estimate of drug-likeness (QED) is 0.0960. The number of carbonyl (C=O) groups excluding carboxylic acids is 1. The molecule has 1 aliphatic heterocycles. The molecule has 0 atom stereocenters. The highest BCUT2D eigenvalue weighted by atomic mass is 79.9. The highest BCUT2D eigenvalue weighted by molar-refractivity contribution is 9.10. The molecule has 3 N–H and O–H groups in total. The number of furan rings is 1. The minimum Gasteiger partial charge on any atom is -0.478 e. The van der Waals surface area contributed by atoms with Gasteiger partial charge in [0.05, 0.1) is 34.8 Å². The summed E-state index contributed by atoms with van der Waals surface area (Å²) in [6.07, 6.45) is -2.81. The number of carbonyl (C=O) groups is 2. The number of nitrogens with two attached hydrogens (primary N) is 1. The van der Waals surface area contributed by atoms with E-state index in [0.717, 1.165) is 32.2 Å². The van der Waals surface area contributed by atoms with E-state index >= 15 is 0 Å². The molecule has 56 heavy (non-hydrogen) atoms. The minimum atomic E-state index is -4.37. The Morgan fingerprint density at radius 1 is 1.02 bits per heavy atom. The first-order chi connectivity index (χ1) is 26.0. The number of benzene rings is 2. The van der Waals surface area contributed by atoms with E-state index in [9.17, 15) is 22.8 Å². The van der Waals surface area contributed by atoms with Crippen molar-refractivity contribution in [3.05, 3.63) is 116 Å². The fourth-order valence-electron chi connectivity index (χ4n) is 4.98. The molecule has 6 rings (SSSR count). The number of halogens is 6. The predicted octanol–water partition coefficient (Wildman–Crippen LogP) is 8.93. The maximum absolute atomic E-state index is 12.0. The Hall–Kier alpha value is -3.74. The van der Waals surface area contributed by atoms with E-state index in [2.05, 4.69) is 46.5 Å². The molecule has 4 heterocycles. The van der Waals surface area contributed by atoms with Gasteiger partial charge in [-0.15, -0.1) is 0 Å². The lowest BCUT2D eigenvalue weighted by atomic mass is 9.75. The highest BCUT2D eigenvalue weighted by Crippen LogP contribution is 2.37. The Balaban J connectivity index is 0.000000212. The monoisotopic (exact) mass is 928 g/mol. The number of fused-ring (bicyclic) bond motifs is 1. The van der Waals surface area contributed by atoms with Crippen LogP contribution in [-0.4, -0.2) is 57.3 Å². The van der Waals surface area contributed by atoms with Gasteiger partial charge in [-0.2, -0.15) is 28.0 Å². The van der Waals surface area contributed by atoms with Gasteiger partial charge in [-0.05, 0) is 101 Å². The van der Waals surface area contributed by atoms with Crippen molar-refractivity contribution in [3.63, 3.8) is 0 Å². The number of aromatic nitrogens is 3. The Labute approximate surface area is 345 Å². The molecule has 0 amide bonds. The predicted molar refractivity (Wildman–Crippen MR) is 215 cm³/mol. The van der Waals surface area contributed by atoms with Gasteiger partial charge >= 0.3 is 25.2 Å². The van der Waals surface area contributed by atoms with Crippen LogP contribution in [0.5, 0.6) is 0 Å². The minimum absolute atomic E-state index is 0.216. The number of methoxy groups -OCH3 is 1. The fourth-order valence-corrected chi connectivity index (χ4v) is 6.04. The molecule has 0 unspecified atom stereocenters. The number of carboxylic acids is 1. The summed E-state index contributed by atoms with van der Waals surface area (Å²) < 4.78 is 59.2. The van der Waals surface area contributed by atoms with E-state index in [0.29, 0.717) is 23.1 Å². The van der Waals surface area contributed by atoms with Crippen molar-refractivity contribution in [1.29, 1.82) is 0 Å². The third kappa shape index (κ3) is 11.7. The fraction of sp³-hybridized carbons (Fsp3) is 0.368. The van der Waals surface area contributed by atoms with Crippen molar-refractivity contribution in [2.24, 2.45) is 5.73 Å². The topological polar surface area (TPSA) is 151 Å². The van der Waals surface area contributed by atoms with Crippen LogP contribution in [0.4, 0.5) is 13.2 Å². The molecule has 0 bridgehead atoms. The average Bonchev–Trinajstić information content (AvgIpc) is 3.81. The standard InChI is InChI=1S/C17H25BO4.C8H7N3O2.C7H7BrClN.C6H4BrF3O/c1-15(2,14(19)20-7)12-9-8-10-13(11-12)18-21-16(3,4)17(5,6)22-18;1-5-7(8(12)13)6-3-2-4-9-11(6)10-5;8-6-2-1-5(4-10)7(9)3-6;7-3-4-1-2-5(11-4)6(8,9)10/h8-11H,1-7H3;2-4H,1H3,(H,12,13);1-3H,4,10H2;1-2H,3H2. The highest BCUT2D eigenvalue weighted by Gasteiger charge is 2.52. The number of aryl methyl sites for hydroxylation is 1. The third-order valence-corrected chi connectivity index (χ3v) is 10.3. The normalized spacial score (nSPS) is 14.4. The van der Waals surface area contributed by atoms with Gasteiger partial charge in [0, 0.05) is 22.2 Å². The SMILES string of the molecule is COC(=O)C(C)(C)c1cccc(B2OC(C)(C)C(C)(C)O2)c1.Cc1nn2ncccc2c1C(=O)O.FC(F)(F)c1ccc(CBr)o1.NCc1ccc(Br)cc1Cl. The molecule has 302 valence electrons. The number of ether oxygens (including phenoxy) is 1. The Morgan fingerprint density at radius 2 is 1.66 bits per heavy atom. The van der Waals surface area contributed by atoms with Crippen LogP contribution < -0.4 is 11.2 Å². The molecule has 1 aliphatic rings. The maximum atomic E-state index is 12.0. The van der Waals surface area contributed by atoms with Crippen molar-refractivity contribution in [1.82, 2.24) is 14.8 Å². The van der Waals surface area contributed by atoms with Gasteiger partial charge in [0.15, 0.2) is 0 Å². The summed E-state index contributed by atoms with van der Waals surface area (Å²) >= 11 is 12.1. The van der Waals surface area contributed by atoms with Crippen LogP contribution >= 0.6 is 43.5 Å². The summed E-state index contributed by atoms with van der Waals surface area (Å²) in [5, 5.41) is 17.7. The summed E-state index contributed by atoms with van der Waals surface area (Å²) in [4.78, 5) is 22.8. The zero-order valence-corrected chi connectivity index (χ0v) is 35.9. The van der Waals surface area contributed by atoms with Gasteiger partial charge in [-0.1, -0.05) is 73.8 Å². The number of alkyl halides is 4. The summed E-state index contributed by atoms with van der Waals surface area (Å²) in [5.74, 6) is -1.91. The van der Waals surface area contributed by atoms with E-state index in [1.54, 1.807) is 25.3 Å². The van der Waals surface area contributed by atoms with Crippen LogP contribution in [0, 0.1) is 6.92 Å². The Morgan fingerprint density at radius 3 is 2.16 bits per heavy atom. The summed E-state index contributed by atoms with van der Waals surface area (Å²) in [6.45, 7) is 13.9. The Bertz CT molecular complexity index is 2110. The summed E-state index contributed by atoms with van der Waals surface area (Å²) in [5.41, 5.74) is 7.90. The lowest BCUT2D eigenvalue weighted by Crippen LogP contribution is -2.41. The molecule has 0 aliphatic carbocycles. The number of hydrogen-bond donors (Lipinski definition) is 2. The number of aromatic carboxylic acids is 1. The van der Waals surface area contributed by atoms with Crippen molar-refractivity contribution < 1.29 is 46.3 Å². The van der Waals surface area contributed by atoms with Crippen LogP contribution in [0.1, 0.15) is 80.2 Å². The first-order valence-electron chi connectivity index (χ1n) is 16.9. The number of nitrogens with zero attached hydrogens (tertiary/aromatic N) is 3. The van der Waals surface area contributed by atoms with Crippen molar-refractivity contribution in [3.8, 4) is 0 Å². The molecule has 1 fully saturated rings. The third-order valence-electron chi connectivity index (χ3n) is 8.95. The van der Waals surface area contributed by atoms with Crippen LogP contribution in [0.3, 0.4) is 0 Å². The molecule has 3 aromatic heterocycles. The second-order valence-corrected chi connectivity index (χ2v) is 15.7. The number of carboxylic acid groups (broad SMARTS) is 1. The van der Waals surface area contributed by atoms with Crippen LogP contribution in [0.2, 0.25) is 5.02 Å². The zero-order chi connectivity index (χ0) is 42.2. The van der Waals surface area contributed by atoms with Gasteiger partial charge < -0.3 is 29.3 Å². The van der Waals surface area contributed by atoms with Crippen LogP contribution in [-0.2, 0) is 42.3 Å². The summed E-state index contributed by atoms with van der Waals surface area (Å²) in [6, 6.07) is 19.0. The molecule has 0 radical (unpaired) electrons. The van der Waals surface area contributed by atoms with Gasteiger partial charge in [-0.25, -0.2) is 4.79 Å². The van der Waals surface area contributed by atoms with Crippen molar-refractivity contribution in [2.45, 2.75) is 83.1 Å². The molecule has 11 nitrogen and oxygen atoms in total. The van der Waals surface area contributed by atoms with Gasteiger partial charge in [0.1, 0.15) is 16.8 Å². The molecule has 0 saturated carbocycles. The number of hydrogen-bond acceptors (Lipinski definition) is 9. The van der Waals surface area contributed by atoms with E-state index < -0.39 is 30.4 Å². The largest absolute Gasteiger partial charge is 0.494 e. The van der Waals surface area contributed by atoms with Gasteiger partial charge in [-0.3, -0.25) is 4.79 Å². The molecule has 5 aromatic rings. The lowest BCUT2D eigenvalue weighted by molar-refractivity contribution is -0.153. The first-order valence-corrected chi connectivity index (χ1v) is 19.2. The second-order valence-electron chi connectivity index (χ2n) is 13.8. The molecule has 18 heteroatoms. The summed E-state index contributed by atoms with van der Waals surface area (Å²) in [7, 11) is 0.973. The van der Waals surface area contributed by atoms with E-state index in [1.165, 1.54) is 17.8 Å². The molecule has 0 spiro atoms. The van der Waals surface area contributed by atoms with Crippen molar-refractivity contribution >= 4 is 73.5 Å². The first kappa shape index (κ1) is 46.6. The lowest BCUT2D eigenvalue weighted by Gasteiger charge is -2.32. The molecule has 1 saturated heterocycles. The van der Waals surface area contributed by atoms with Gasteiger partial charge in [0.25, 0.3) is 0 Å². The van der Waals surface area contributed by atoms with Crippen LogP contribution in [0.15, 0.2) is 81.8 Å². The van der Waals surface area contributed by atoms with E-state index in [4.69, 9.17) is 36.5 Å². The Kier molecular flexibility index (Phi) is 15.9. The average molecular weight is 931 g/mol. The number of esters is 1. The van der Waals surface area contributed by atoms with Crippen LogP contribution in [0.25, 0.3) is 5.52 Å². The second kappa shape index (κ2) is 19.1. The zero-order valence-electron chi connectivity index (χ0n) is 32.0. The maximum Gasteiger partial charge on any atom is 0.494 e.